The number of aliphatic hydroxyl groups excluding tert-OH is 1. The Morgan fingerprint density at radius 2 is 1.33 bits per heavy atom. The molecule has 13 heteroatoms. The average Bonchev–Trinajstić information content (AvgIpc) is 3.78. The Balaban J connectivity index is 0.000000207. The number of aromatic nitrogens is 4. The number of benzene rings is 3. The maximum atomic E-state index is 10.7. The normalized spacial score (nSPS) is 11.6. The van der Waals surface area contributed by atoms with Gasteiger partial charge in [0.25, 0.3) is 10.1 Å². The second-order valence-corrected chi connectivity index (χ2v) is 12.7. The number of aromatic hydroxyl groups is 2. The van der Waals surface area contributed by atoms with Crippen molar-refractivity contribution in [2.75, 3.05) is 13.2 Å². The Bertz CT molecular complexity index is 1710. The largest absolute Gasteiger partial charge is 0.508 e. The lowest BCUT2D eigenvalue weighted by Crippen LogP contribution is -2.35. The summed E-state index contributed by atoms with van der Waals surface area (Å²) in [5.41, 5.74) is 2.85. The van der Waals surface area contributed by atoms with E-state index in [2.05, 4.69) is 41.5 Å². The number of aryl methyl sites for hydroxylation is 5. The van der Waals surface area contributed by atoms with Crippen molar-refractivity contribution in [2.45, 2.75) is 63.7 Å². The minimum absolute atomic E-state index is 0.187. The molecule has 0 spiro atoms. The van der Waals surface area contributed by atoms with Crippen molar-refractivity contribution < 1.29 is 33.0 Å². The summed E-state index contributed by atoms with van der Waals surface area (Å²) in [7, 11) is -4.22. The fraction of sp³-hybridized carbons (Fsp3) is 0.314. The van der Waals surface area contributed by atoms with Crippen LogP contribution in [0.1, 0.15) is 30.5 Å². The van der Waals surface area contributed by atoms with Gasteiger partial charge in [-0.1, -0.05) is 44.2 Å². The zero-order valence-corrected chi connectivity index (χ0v) is 28.2. The lowest BCUT2D eigenvalue weighted by molar-refractivity contribution is 0.104. The summed E-state index contributed by atoms with van der Waals surface area (Å²) in [5.74, 6) is 0.910. The first kappa shape index (κ1) is 37.8. The van der Waals surface area contributed by atoms with E-state index < -0.39 is 16.2 Å². The van der Waals surface area contributed by atoms with Crippen LogP contribution in [-0.2, 0) is 36.0 Å². The first-order chi connectivity index (χ1) is 22.9. The molecule has 0 saturated carbocycles. The molecule has 1 unspecified atom stereocenters. The number of nitrogens with one attached hydrogen (secondary N) is 1. The van der Waals surface area contributed by atoms with Crippen LogP contribution in [0.2, 0.25) is 0 Å². The molecule has 5 rings (SSSR count). The highest BCUT2D eigenvalue weighted by molar-refractivity contribution is 7.85. The summed E-state index contributed by atoms with van der Waals surface area (Å²) in [4.78, 5) is -0.262. The third-order valence-corrected chi connectivity index (χ3v) is 7.89. The van der Waals surface area contributed by atoms with Crippen LogP contribution in [0, 0.1) is 6.92 Å². The van der Waals surface area contributed by atoms with Crippen LogP contribution in [-0.4, -0.2) is 73.1 Å². The number of hydrogen-bond acceptors (Lipinski definition) is 9. The van der Waals surface area contributed by atoms with E-state index in [-0.39, 0.29) is 10.6 Å². The molecule has 0 aliphatic rings. The molecule has 5 N–H and O–H groups in total. The van der Waals surface area contributed by atoms with Gasteiger partial charge in [-0.05, 0) is 78.9 Å². The number of phenolic OH excluding ortho intramolecular Hbond substituents is 2. The standard InChI is InChI=1S/C17H25N3O2.C11H12N2O.C7H8O4S/c1-14(2)18-12-16(21)13-22-17-6-4-15(5-7-17)8-11-20-10-3-9-19-20;14-11-4-2-10(3-5-11)6-9-13-8-1-7-12-13;1-5-2-3-6(8)4-7(5)12(9,10)11/h3-7,9-10,14,16,18,21H,8,11-13H2,1-2H3;1-5,7-8,14H,6,9H2;2-4,8H,1H3,(H,9,10,11). The van der Waals surface area contributed by atoms with Crippen LogP contribution in [0.15, 0.2) is 109 Å². The molecule has 0 fully saturated rings. The molecule has 258 valence electrons. The van der Waals surface area contributed by atoms with Crippen molar-refractivity contribution >= 4 is 10.1 Å². The summed E-state index contributed by atoms with van der Waals surface area (Å²) in [6.45, 7) is 8.21. The summed E-state index contributed by atoms with van der Waals surface area (Å²) in [6.07, 6.45) is 8.84. The molecular formula is C35H45N5O7S. The molecule has 0 saturated heterocycles. The molecular weight excluding hydrogens is 634 g/mol. The lowest BCUT2D eigenvalue weighted by atomic mass is 10.1. The van der Waals surface area contributed by atoms with Crippen molar-refractivity contribution in [1.82, 2.24) is 24.9 Å². The van der Waals surface area contributed by atoms with Crippen LogP contribution in [0.5, 0.6) is 17.2 Å². The van der Waals surface area contributed by atoms with Gasteiger partial charge in [0.05, 0.1) is 0 Å². The van der Waals surface area contributed by atoms with Gasteiger partial charge < -0.3 is 25.4 Å². The summed E-state index contributed by atoms with van der Waals surface area (Å²) in [6, 6.07) is 23.2. The van der Waals surface area contributed by atoms with Gasteiger partial charge in [-0.15, -0.1) is 0 Å². The van der Waals surface area contributed by atoms with E-state index in [1.165, 1.54) is 30.2 Å². The minimum Gasteiger partial charge on any atom is -0.508 e. The van der Waals surface area contributed by atoms with Gasteiger partial charge in [0.1, 0.15) is 34.9 Å². The van der Waals surface area contributed by atoms with Crippen molar-refractivity contribution in [1.29, 1.82) is 0 Å². The highest BCUT2D eigenvalue weighted by Gasteiger charge is 2.13. The molecule has 0 aliphatic carbocycles. The van der Waals surface area contributed by atoms with Crippen molar-refractivity contribution in [3.05, 3.63) is 120 Å². The Kier molecular flexibility index (Phi) is 15.1. The quantitative estimate of drug-likeness (QED) is 0.110. The first-order valence-corrected chi connectivity index (χ1v) is 17.0. The van der Waals surface area contributed by atoms with Crippen LogP contribution in [0.4, 0.5) is 0 Å². The molecule has 0 bridgehead atoms. The van der Waals surface area contributed by atoms with Crippen LogP contribution in [0.3, 0.4) is 0 Å². The maximum absolute atomic E-state index is 10.7. The maximum Gasteiger partial charge on any atom is 0.294 e. The molecule has 48 heavy (non-hydrogen) atoms. The third-order valence-electron chi connectivity index (χ3n) is 6.89. The Labute approximate surface area is 282 Å². The van der Waals surface area contributed by atoms with E-state index in [0.29, 0.717) is 30.5 Å². The van der Waals surface area contributed by atoms with Gasteiger partial charge in [-0.25, -0.2) is 0 Å². The molecule has 0 aliphatic heterocycles. The number of ether oxygens (including phenoxy) is 1. The van der Waals surface area contributed by atoms with E-state index in [1.807, 2.05) is 58.2 Å². The van der Waals surface area contributed by atoms with Crippen LogP contribution < -0.4 is 10.1 Å². The van der Waals surface area contributed by atoms with Crippen LogP contribution in [0.25, 0.3) is 0 Å². The first-order valence-electron chi connectivity index (χ1n) is 15.5. The lowest BCUT2D eigenvalue weighted by Gasteiger charge is -2.15. The Morgan fingerprint density at radius 1 is 0.812 bits per heavy atom. The van der Waals surface area contributed by atoms with Gasteiger partial charge in [-0.2, -0.15) is 18.6 Å². The topological polar surface area (TPSA) is 172 Å². The monoisotopic (exact) mass is 679 g/mol. The average molecular weight is 680 g/mol. The second-order valence-electron chi connectivity index (χ2n) is 11.3. The van der Waals surface area contributed by atoms with Gasteiger partial charge in [0.15, 0.2) is 0 Å². The molecule has 0 radical (unpaired) electrons. The Morgan fingerprint density at radius 3 is 1.79 bits per heavy atom. The molecule has 5 aromatic rings. The molecule has 12 nitrogen and oxygen atoms in total. The number of rotatable bonds is 13. The molecule has 2 aromatic heterocycles. The zero-order valence-electron chi connectivity index (χ0n) is 27.4. The fourth-order valence-corrected chi connectivity index (χ4v) is 5.00. The van der Waals surface area contributed by atoms with Crippen molar-refractivity contribution in [3.63, 3.8) is 0 Å². The smallest absolute Gasteiger partial charge is 0.294 e. The molecule has 2 heterocycles. The van der Waals surface area contributed by atoms with Gasteiger partial charge in [0.2, 0.25) is 0 Å². The van der Waals surface area contributed by atoms with E-state index >= 15 is 0 Å². The molecule has 1 atom stereocenters. The van der Waals surface area contributed by atoms with E-state index in [1.54, 1.807) is 24.5 Å². The summed E-state index contributed by atoms with van der Waals surface area (Å²) in [5, 5.41) is 39.3. The number of hydrogen-bond donors (Lipinski definition) is 5. The highest BCUT2D eigenvalue weighted by Crippen LogP contribution is 2.20. The third kappa shape index (κ3) is 14.4. The zero-order chi connectivity index (χ0) is 34.9. The van der Waals surface area contributed by atoms with Gasteiger partial charge >= 0.3 is 0 Å². The van der Waals surface area contributed by atoms with E-state index in [9.17, 15) is 13.5 Å². The van der Waals surface area contributed by atoms with Crippen LogP contribution >= 0.6 is 0 Å². The summed E-state index contributed by atoms with van der Waals surface area (Å²) >= 11 is 0. The van der Waals surface area contributed by atoms with E-state index in [0.717, 1.165) is 37.7 Å². The number of aliphatic hydroxyl groups is 1. The predicted octanol–water partition coefficient (Wildman–Crippen LogP) is 4.64. The second kappa shape index (κ2) is 19.2. The molecule has 0 amide bonds. The summed E-state index contributed by atoms with van der Waals surface area (Å²) < 4.78 is 39.4. The highest BCUT2D eigenvalue weighted by atomic mass is 32.2. The van der Waals surface area contributed by atoms with Gasteiger partial charge in [0, 0.05) is 56.5 Å². The number of nitrogens with zero attached hydrogens (tertiary/aromatic N) is 4. The molecule has 3 aromatic carbocycles. The predicted molar refractivity (Wildman–Crippen MR) is 184 cm³/mol. The fourth-order valence-electron chi connectivity index (χ4n) is 4.26. The van der Waals surface area contributed by atoms with Gasteiger partial charge in [-0.3, -0.25) is 13.9 Å². The minimum atomic E-state index is -4.22. The van der Waals surface area contributed by atoms with Crippen molar-refractivity contribution in [2.24, 2.45) is 0 Å². The number of phenols is 2. The van der Waals surface area contributed by atoms with Crippen molar-refractivity contribution in [3.8, 4) is 17.2 Å². The van der Waals surface area contributed by atoms with E-state index in [4.69, 9.17) is 19.5 Å². The SMILES string of the molecule is CC(C)NCC(O)COc1ccc(CCn2cccn2)cc1.Cc1ccc(O)cc1S(=O)(=O)O.Oc1ccc(CCn2cccn2)cc1. The Hall–Kier alpha value is -4.69.